The van der Waals surface area contributed by atoms with Crippen LogP contribution in [-0.2, 0) is 15.4 Å². The van der Waals surface area contributed by atoms with Crippen LogP contribution in [0.1, 0.15) is 37.8 Å². The van der Waals surface area contributed by atoms with Gasteiger partial charge in [-0.2, -0.15) is 0 Å². The van der Waals surface area contributed by atoms with Gasteiger partial charge in [0.2, 0.25) is 0 Å². The minimum absolute atomic E-state index is 0.295. The number of pyridine rings is 1. The first-order chi connectivity index (χ1) is 10.0. The van der Waals surface area contributed by atoms with Crippen molar-refractivity contribution in [2.75, 3.05) is 0 Å². The molecule has 2 bridgehead atoms. The summed E-state index contributed by atoms with van der Waals surface area (Å²) in [5, 5.41) is 10.4. The molecule has 0 saturated carbocycles. The standard InChI is InChI=1S/C15H18N2O3S/c18-15(13-5-2-6-14-16-7-8-17(13)14)9-11-3-1-4-12(10-15)21(11,19)20/h2,5-8,11-12,18H,1,3-4,9-10H2. The monoisotopic (exact) mass is 306 g/mol. The molecule has 2 aliphatic rings. The fourth-order valence-corrected chi connectivity index (χ4v) is 6.53. The summed E-state index contributed by atoms with van der Waals surface area (Å²) in [5.41, 5.74) is 0.449. The van der Waals surface area contributed by atoms with Gasteiger partial charge in [-0.05, 0) is 37.8 Å². The highest BCUT2D eigenvalue weighted by atomic mass is 32.2. The third-order valence-electron chi connectivity index (χ3n) is 5.02. The molecule has 2 fully saturated rings. The molecule has 2 aromatic heterocycles. The van der Waals surface area contributed by atoms with Crippen LogP contribution in [0.2, 0.25) is 0 Å². The Kier molecular flexibility index (Phi) is 2.72. The summed E-state index contributed by atoms with van der Waals surface area (Å²) < 4.78 is 26.7. The van der Waals surface area contributed by atoms with E-state index in [-0.39, 0.29) is 0 Å². The maximum atomic E-state index is 12.4. The molecule has 1 N–H and O–H groups in total. The minimum Gasteiger partial charge on any atom is -0.384 e. The third-order valence-corrected chi connectivity index (χ3v) is 7.68. The molecule has 4 rings (SSSR count). The van der Waals surface area contributed by atoms with Crippen molar-refractivity contribution in [1.29, 1.82) is 0 Å². The van der Waals surface area contributed by atoms with E-state index in [1.54, 1.807) is 6.20 Å². The number of aliphatic hydroxyl groups is 1. The fraction of sp³-hybridized carbons (Fsp3) is 0.533. The lowest BCUT2D eigenvalue weighted by Gasteiger charge is -2.44. The van der Waals surface area contributed by atoms with E-state index in [0.29, 0.717) is 25.7 Å². The van der Waals surface area contributed by atoms with Gasteiger partial charge < -0.3 is 9.51 Å². The molecule has 112 valence electrons. The van der Waals surface area contributed by atoms with Crippen molar-refractivity contribution in [3.8, 4) is 0 Å². The van der Waals surface area contributed by atoms with Crippen LogP contribution in [0.15, 0.2) is 30.6 Å². The van der Waals surface area contributed by atoms with Crippen molar-refractivity contribution in [3.63, 3.8) is 0 Å². The van der Waals surface area contributed by atoms with Crippen molar-refractivity contribution in [2.45, 2.75) is 48.2 Å². The first-order valence-corrected chi connectivity index (χ1v) is 8.99. The van der Waals surface area contributed by atoms with Gasteiger partial charge in [0.25, 0.3) is 0 Å². The Morgan fingerprint density at radius 3 is 2.67 bits per heavy atom. The number of imidazole rings is 1. The van der Waals surface area contributed by atoms with Crippen LogP contribution in [0.25, 0.3) is 5.65 Å². The Morgan fingerprint density at radius 2 is 1.95 bits per heavy atom. The molecular weight excluding hydrogens is 288 g/mol. The number of hydrogen-bond acceptors (Lipinski definition) is 4. The molecule has 5 nitrogen and oxygen atoms in total. The molecule has 6 heteroatoms. The summed E-state index contributed by atoms with van der Waals surface area (Å²) >= 11 is 0. The van der Waals surface area contributed by atoms with Gasteiger partial charge in [0.05, 0.1) is 16.2 Å². The highest BCUT2D eigenvalue weighted by Crippen LogP contribution is 2.45. The second-order valence-electron chi connectivity index (χ2n) is 6.27. The van der Waals surface area contributed by atoms with Crippen molar-refractivity contribution in [2.24, 2.45) is 0 Å². The number of nitrogens with zero attached hydrogens (tertiary/aromatic N) is 2. The van der Waals surface area contributed by atoms with E-state index in [1.165, 1.54) is 0 Å². The van der Waals surface area contributed by atoms with Gasteiger partial charge in [-0.3, -0.25) is 0 Å². The van der Waals surface area contributed by atoms with Crippen LogP contribution < -0.4 is 0 Å². The summed E-state index contributed by atoms with van der Waals surface area (Å²) in [5.74, 6) is 0. The Labute approximate surface area is 123 Å². The van der Waals surface area contributed by atoms with Gasteiger partial charge in [-0.25, -0.2) is 13.4 Å². The van der Waals surface area contributed by atoms with Crippen molar-refractivity contribution < 1.29 is 13.5 Å². The zero-order valence-corrected chi connectivity index (χ0v) is 12.5. The normalized spacial score (nSPS) is 34.9. The average Bonchev–Trinajstić information content (AvgIpc) is 2.88. The average molecular weight is 306 g/mol. The zero-order chi connectivity index (χ0) is 14.7. The largest absolute Gasteiger partial charge is 0.384 e. The maximum absolute atomic E-state index is 12.4. The van der Waals surface area contributed by atoms with Crippen LogP contribution in [0.5, 0.6) is 0 Å². The highest BCUT2D eigenvalue weighted by Gasteiger charge is 2.51. The minimum atomic E-state index is -3.07. The second-order valence-corrected chi connectivity index (χ2v) is 8.78. The Balaban J connectivity index is 1.83. The molecule has 0 aromatic carbocycles. The molecule has 2 aliphatic heterocycles. The van der Waals surface area contributed by atoms with E-state index in [4.69, 9.17) is 0 Å². The predicted octanol–water partition coefficient (Wildman–Crippen LogP) is 1.65. The zero-order valence-electron chi connectivity index (χ0n) is 11.6. The molecule has 0 amide bonds. The second kappa shape index (κ2) is 4.30. The Morgan fingerprint density at radius 1 is 1.24 bits per heavy atom. The van der Waals surface area contributed by atoms with Crippen LogP contribution in [0.3, 0.4) is 0 Å². The maximum Gasteiger partial charge on any atom is 0.156 e. The van der Waals surface area contributed by atoms with Crippen LogP contribution in [0, 0.1) is 0 Å². The van der Waals surface area contributed by atoms with Gasteiger partial charge in [0.1, 0.15) is 11.2 Å². The lowest BCUT2D eigenvalue weighted by atomic mass is 9.83. The van der Waals surface area contributed by atoms with Crippen LogP contribution in [-0.4, -0.2) is 33.4 Å². The lowest BCUT2D eigenvalue weighted by molar-refractivity contribution is -0.0000261. The number of aromatic nitrogens is 2. The molecule has 2 unspecified atom stereocenters. The molecule has 21 heavy (non-hydrogen) atoms. The summed E-state index contributed by atoms with van der Waals surface area (Å²) in [6, 6.07) is 5.63. The molecule has 0 spiro atoms. The third kappa shape index (κ3) is 1.85. The SMILES string of the molecule is O=S1(=O)C2CCCC1CC(O)(c1cccc3nccn13)C2. The Hall–Kier alpha value is -1.40. The van der Waals surface area contributed by atoms with E-state index in [2.05, 4.69) is 4.98 Å². The molecule has 4 heterocycles. The van der Waals surface area contributed by atoms with Gasteiger partial charge in [-0.15, -0.1) is 0 Å². The smallest absolute Gasteiger partial charge is 0.156 e. The summed E-state index contributed by atoms with van der Waals surface area (Å²) in [6.45, 7) is 0. The topological polar surface area (TPSA) is 71.7 Å². The molecule has 2 saturated heterocycles. The molecule has 2 atom stereocenters. The van der Waals surface area contributed by atoms with Crippen LogP contribution >= 0.6 is 0 Å². The van der Waals surface area contributed by atoms with Crippen molar-refractivity contribution in [1.82, 2.24) is 9.38 Å². The van der Waals surface area contributed by atoms with Crippen molar-refractivity contribution in [3.05, 3.63) is 36.3 Å². The van der Waals surface area contributed by atoms with Crippen LogP contribution in [0.4, 0.5) is 0 Å². The summed E-state index contributed by atoms with van der Waals surface area (Å²) in [6.07, 6.45) is 6.39. The number of sulfone groups is 1. The fourth-order valence-electron chi connectivity index (χ4n) is 3.98. The lowest BCUT2D eigenvalue weighted by Crippen LogP contribution is -2.50. The Bertz CT molecular complexity index is 776. The van der Waals surface area contributed by atoms with Gasteiger partial charge in [0, 0.05) is 12.4 Å². The van der Waals surface area contributed by atoms with Gasteiger partial charge in [0.15, 0.2) is 9.84 Å². The first kappa shape index (κ1) is 13.3. The van der Waals surface area contributed by atoms with Gasteiger partial charge in [-0.1, -0.05) is 12.5 Å². The molecule has 0 aliphatic carbocycles. The van der Waals surface area contributed by atoms with Crippen molar-refractivity contribution >= 4 is 15.5 Å². The van der Waals surface area contributed by atoms with E-state index >= 15 is 0 Å². The number of rotatable bonds is 1. The summed E-state index contributed by atoms with van der Waals surface area (Å²) in [4.78, 5) is 4.24. The quantitative estimate of drug-likeness (QED) is 0.869. The first-order valence-electron chi connectivity index (χ1n) is 7.38. The number of fused-ring (bicyclic) bond motifs is 3. The summed E-state index contributed by atoms with van der Waals surface area (Å²) in [7, 11) is -3.07. The molecular formula is C15H18N2O3S. The molecule has 2 aromatic rings. The molecule has 0 radical (unpaired) electrons. The van der Waals surface area contributed by atoms with E-state index in [1.807, 2.05) is 28.8 Å². The number of hydrogen-bond donors (Lipinski definition) is 1. The van der Waals surface area contributed by atoms with E-state index < -0.39 is 25.9 Å². The predicted molar refractivity (Wildman–Crippen MR) is 78.7 cm³/mol. The van der Waals surface area contributed by atoms with Gasteiger partial charge >= 0.3 is 0 Å². The van der Waals surface area contributed by atoms with E-state index in [9.17, 15) is 13.5 Å². The highest BCUT2D eigenvalue weighted by molar-refractivity contribution is 7.92. The van der Waals surface area contributed by atoms with E-state index in [0.717, 1.165) is 17.8 Å².